The highest BCUT2D eigenvalue weighted by atomic mass is 16.4. The predicted octanol–water partition coefficient (Wildman–Crippen LogP) is -0.0700. The molecule has 4 amide bonds. The molecule has 0 spiro atoms. The van der Waals surface area contributed by atoms with E-state index in [2.05, 4.69) is 0 Å². The van der Waals surface area contributed by atoms with E-state index >= 15 is 0 Å². The molecule has 2 atom stereocenters. The van der Waals surface area contributed by atoms with E-state index in [1.807, 2.05) is 4.90 Å². The van der Waals surface area contributed by atoms with Crippen molar-refractivity contribution in [3.8, 4) is 0 Å². The highest BCUT2D eigenvalue weighted by molar-refractivity contribution is 6.25. The van der Waals surface area contributed by atoms with Crippen molar-refractivity contribution in [1.29, 1.82) is 0 Å². The third-order valence-electron chi connectivity index (χ3n) is 6.14. The van der Waals surface area contributed by atoms with E-state index in [1.165, 1.54) is 12.1 Å². The number of imide groups is 2. The van der Waals surface area contributed by atoms with E-state index < -0.39 is 35.6 Å². The van der Waals surface area contributed by atoms with Crippen molar-refractivity contribution in [2.24, 2.45) is 0 Å². The van der Waals surface area contributed by atoms with Crippen molar-refractivity contribution in [2.75, 3.05) is 32.0 Å². The minimum absolute atomic E-state index is 0.0271. The summed E-state index contributed by atoms with van der Waals surface area (Å²) >= 11 is 0. The van der Waals surface area contributed by atoms with Gasteiger partial charge in [-0.15, -0.1) is 0 Å². The number of aliphatic carboxylic acids is 1. The van der Waals surface area contributed by atoms with Gasteiger partial charge in [-0.25, -0.2) is 0 Å². The van der Waals surface area contributed by atoms with Crippen molar-refractivity contribution >= 4 is 35.3 Å². The average molecular weight is 460 g/mol. The van der Waals surface area contributed by atoms with Crippen LogP contribution < -0.4 is 5.73 Å². The van der Waals surface area contributed by atoms with Gasteiger partial charge in [-0.3, -0.25) is 38.7 Å². The molecule has 4 rings (SSSR count). The highest BCUT2D eigenvalue weighted by Crippen LogP contribution is 2.31. The number of aliphatic hydroxyl groups is 1. The second-order valence-electron chi connectivity index (χ2n) is 8.17. The Kier molecular flexibility index (Phi) is 7.44. The van der Waals surface area contributed by atoms with Crippen LogP contribution in [0.15, 0.2) is 18.2 Å². The molecule has 1 aromatic rings. The number of anilines is 1. The molecule has 2 fully saturated rings. The Bertz CT molecular complexity index is 973. The number of aliphatic hydroxyl groups excluding tert-OH is 1. The molecule has 3 heterocycles. The Morgan fingerprint density at radius 3 is 2.39 bits per heavy atom. The van der Waals surface area contributed by atoms with Gasteiger partial charge in [-0.2, -0.15) is 0 Å². The van der Waals surface area contributed by atoms with Gasteiger partial charge in [-0.05, 0) is 51.4 Å². The number of hydrogen-bond donors (Lipinski definition) is 3. The predicted molar refractivity (Wildman–Crippen MR) is 116 cm³/mol. The fourth-order valence-corrected chi connectivity index (χ4v) is 4.29. The molecular weight excluding hydrogens is 432 g/mol. The van der Waals surface area contributed by atoms with Crippen molar-refractivity contribution in [1.82, 2.24) is 14.7 Å². The first-order valence-corrected chi connectivity index (χ1v) is 10.9. The standard InChI is InChI=1S/C15H15N3O5.C7H13NO2/c16-9-3-1-2-8-12(9)15(23)18(13(8)21)10-4-5-11(20)17(6-7-19)14(10)22;1-6(7(9)10)8-4-2-3-5-8/h1-3,10,19H,4-7,16H2;6H,2-5H2,1H3,(H,9,10)/t;6-/m.0/s1. The van der Waals surface area contributed by atoms with Crippen LogP contribution in [0.1, 0.15) is 53.3 Å². The number of carboxylic acid groups (broad SMARTS) is 1. The highest BCUT2D eigenvalue weighted by Gasteiger charge is 2.47. The summed E-state index contributed by atoms with van der Waals surface area (Å²) in [5.41, 5.74) is 6.20. The minimum atomic E-state index is -1.05. The largest absolute Gasteiger partial charge is 0.480 e. The van der Waals surface area contributed by atoms with Crippen molar-refractivity contribution in [3.63, 3.8) is 0 Å². The average Bonchev–Trinajstić information content (AvgIpc) is 3.40. The van der Waals surface area contributed by atoms with Crippen LogP contribution in [0.2, 0.25) is 0 Å². The molecule has 0 radical (unpaired) electrons. The molecule has 0 saturated carbocycles. The molecule has 0 bridgehead atoms. The van der Waals surface area contributed by atoms with Crippen LogP contribution in [-0.2, 0) is 14.4 Å². The third kappa shape index (κ3) is 4.74. The SMILES string of the molecule is C[C@@H](C(=O)O)N1CCCC1.Nc1cccc2c1C(=O)N(C1CCC(=O)N(CCO)C1=O)C2=O. The number of hydrogen-bond acceptors (Lipinski definition) is 8. The minimum Gasteiger partial charge on any atom is -0.480 e. The van der Waals surface area contributed by atoms with Gasteiger partial charge in [-0.1, -0.05) is 6.07 Å². The summed E-state index contributed by atoms with van der Waals surface area (Å²) in [5.74, 6) is -2.99. The van der Waals surface area contributed by atoms with Gasteiger partial charge in [0.15, 0.2) is 0 Å². The molecule has 11 heteroatoms. The Balaban J connectivity index is 0.000000257. The molecule has 1 unspecified atom stereocenters. The number of amides is 4. The Morgan fingerprint density at radius 1 is 1.15 bits per heavy atom. The summed E-state index contributed by atoms with van der Waals surface area (Å²) in [6.07, 6.45) is 2.40. The number of nitrogen functional groups attached to an aromatic ring is 1. The first-order valence-electron chi connectivity index (χ1n) is 10.9. The van der Waals surface area contributed by atoms with Crippen LogP contribution in [0.3, 0.4) is 0 Å². The first kappa shape index (κ1) is 24.3. The molecule has 0 aromatic heterocycles. The second-order valence-corrected chi connectivity index (χ2v) is 8.17. The number of benzene rings is 1. The van der Waals surface area contributed by atoms with Gasteiger partial charge in [0.05, 0.1) is 24.3 Å². The molecular formula is C22H28N4O7. The zero-order valence-electron chi connectivity index (χ0n) is 18.4. The number of β-amino-alcohol motifs (C(OH)–C–C–N with tert-alkyl or cyclic N) is 1. The summed E-state index contributed by atoms with van der Waals surface area (Å²) in [6.45, 7) is 3.12. The van der Waals surface area contributed by atoms with E-state index in [9.17, 15) is 24.0 Å². The van der Waals surface area contributed by atoms with E-state index in [0.717, 1.165) is 35.7 Å². The van der Waals surface area contributed by atoms with Gasteiger partial charge in [0.2, 0.25) is 5.91 Å². The lowest BCUT2D eigenvalue weighted by Crippen LogP contribution is -2.56. The van der Waals surface area contributed by atoms with Gasteiger partial charge in [0, 0.05) is 12.1 Å². The van der Waals surface area contributed by atoms with Crippen molar-refractivity contribution in [2.45, 2.75) is 44.7 Å². The molecule has 1 aromatic carbocycles. The van der Waals surface area contributed by atoms with Gasteiger partial charge >= 0.3 is 5.97 Å². The van der Waals surface area contributed by atoms with Crippen molar-refractivity contribution in [3.05, 3.63) is 29.3 Å². The Hall–Kier alpha value is -3.31. The third-order valence-corrected chi connectivity index (χ3v) is 6.14. The van der Waals surface area contributed by atoms with Gasteiger partial charge in [0.1, 0.15) is 12.1 Å². The lowest BCUT2D eigenvalue weighted by molar-refractivity contribution is -0.152. The normalized spacial score (nSPS) is 21.7. The Morgan fingerprint density at radius 2 is 1.82 bits per heavy atom. The topological polar surface area (TPSA) is 162 Å². The smallest absolute Gasteiger partial charge is 0.320 e. The monoisotopic (exact) mass is 460 g/mol. The maximum atomic E-state index is 12.5. The summed E-state index contributed by atoms with van der Waals surface area (Å²) < 4.78 is 0. The number of nitrogens with zero attached hydrogens (tertiary/aromatic N) is 3. The maximum absolute atomic E-state index is 12.5. The molecule has 11 nitrogen and oxygen atoms in total. The molecule has 33 heavy (non-hydrogen) atoms. The summed E-state index contributed by atoms with van der Waals surface area (Å²) in [7, 11) is 0. The quantitative estimate of drug-likeness (QED) is 0.403. The fraction of sp³-hybridized carbons (Fsp3) is 0.500. The van der Waals surface area contributed by atoms with Crippen LogP contribution in [0.4, 0.5) is 5.69 Å². The summed E-state index contributed by atoms with van der Waals surface area (Å²) in [6, 6.07) is 3.22. The van der Waals surface area contributed by atoms with Crippen LogP contribution >= 0.6 is 0 Å². The molecule has 178 valence electrons. The lowest BCUT2D eigenvalue weighted by Gasteiger charge is -2.34. The number of rotatable bonds is 5. The number of piperidine rings is 1. The molecule has 4 N–H and O–H groups in total. The lowest BCUT2D eigenvalue weighted by atomic mass is 10.0. The Labute approximate surface area is 190 Å². The summed E-state index contributed by atoms with van der Waals surface area (Å²) in [5, 5.41) is 17.6. The molecule has 3 aliphatic heterocycles. The fourth-order valence-electron chi connectivity index (χ4n) is 4.29. The zero-order valence-corrected chi connectivity index (χ0v) is 18.4. The number of carboxylic acids is 1. The molecule has 3 aliphatic rings. The van der Waals surface area contributed by atoms with E-state index in [-0.39, 0.29) is 48.8 Å². The maximum Gasteiger partial charge on any atom is 0.320 e. The first-order chi connectivity index (χ1) is 15.7. The number of carbonyl (C=O) groups is 5. The molecule has 2 saturated heterocycles. The van der Waals surface area contributed by atoms with E-state index in [4.69, 9.17) is 15.9 Å². The number of nitrogens with two attached hydrogens (primary N) is 1. The van der Waals surface area contributed by atoms with Crippen LogP contribution in [0.5, 0.6) is 0 Å². The van der Waals surface area contributed by atoms with Crippen LogP contribution in [-0.4, -0.2) is 92.8 Å². The van der Waals surface area contributed by atoms with E-state index in [1.54, 1.807) is 13.0 Å². The zero-order chi connectivity index (χ0) is 24.3. The number of fused-ring (bicyclic) bond motifs is 1. The van der Waals surface area contributed by atoms with Gasteiger partial charge < -0.3 is 15.9 Å². The summed E-state index contributed by atoms with van der Waals surface area (Å²) in [4.78, 5) is 63.5. The van der Waals surface area contributed by atoms with Crippen molar-refractivity contribution < 1.29 is 34.2 Å². The molecule has 0 aliphatic carbocycles. The van der Waals surface area contributed by atoms with E-state index in [0.29, 0.717) is 0 Å². The van der Waals surface area contributed by atoms with Gasteiger partial charge in [0.25, 0.3) is 17.7 Å². The number of carbonyl (C=O) groups excluding carboxylic acids is 4. The van der Waals surface area contributed by atoms with Crippen LogP contribution in [0.25, 0.3) is 0 Å². The second kappa shape index (κ2) is 10.1. The van der Waals surface area contributed by atoms with Crippen LogP contribution in [0, 0.1) is 0 Å². The number of likely N-dealkylation sites (tertiary alicyclic amines) is 2.